The first-order chi connectivity index (χ1) is 6.74. The van der Waals surface area contributed by atoms with Crippen molar-refractivity contribution in [3.63, 3.8) is 0 Å². The Bertz CT molecular complexity index is 289. The molecule has 0 saturated carbocycles. The van der Waals surface area contributed by atoms with Gasteiger partial charge in [-0.1, -0.05) is 18.2 Å². The van der Waals surface area contributed by atoms with E-state index in [0.717, 1.165) is 5.69 Å². The molecule has 0 aliphatic rings. The van der Waals surface area contributed by atoms with Gasteiger partial charge in [0.15, 0.2) is 0 Å². The van der Waals surface area contributed by atoms with E-state index in [1.807, 2.05) is 30.3 Å². The molecule has 0 heterocycles. The molecule has 1 rings (SSSR count). The molecular weight excluding hydrogens is 246 g/mol. The van der Waals surface area contributed by atoms with Crippen LogP contribution in [-0.2, 0) is 9.53 Å². The molecule has 0 unspecified atom stereocenters. The van der Waals surface area contributed by atoms with Crippen LogP contribution < -0.4 is 3.93 Å². The second-order valence-electron chi connectivity index (χ2n) is 2.66. The van der Waals surface area contributed by atoms with Crippen LogP contribution in [0.3, 0.4) is 0 Å². The second kappa shape index (κ2) is 5.65. The number of ether oxygens (including phenoxy) is 1. The quantitative estimate of drug-likeness (QED) is 0.613. The molecule has 0 radical (unpaired) electrons. The minimum atomic E-state index is -0.242. The summed E-state index contributed by atoms with van der Waals surface area (Å²) < 4.78 is 6.50. The smallest absolute Gasteiger partial charge is 0.326 e. The maximum absolute atomic E-state index is 11.1. The van der Waals surface area contributed by atoms with Crippen molar-refractivity contribution >= 4 is 27.8 Å². The Labute approximate surface area is 92.0 Å². The number of hydrogen-bond acceptors (Lipinski definition) is 3. The Balaban J connectivity index is 2.50. The second-order valence-corrected chi connectivity index (χ2v) is 3.52. The van der Waals surface area contributed by atoms with Crippen LogP contribution in [0, 0.1) is 0 Å². The lowest BCUT2D eigenvalue weighted by Gasteiger charge is -2.14. The summed E-state index contributed by atoms with van der Waals surface area (Å²) in [4.78, 5) is 11.1. The highest BCUT2D eigenvalue weighted by Crippen LogP contribution is 2.16. The number of esters is 1. The molecule has 0 amide bonds. The minimum absolute atomic E-state index is 0.206. The predicted octanol–water partition coefficient (Wildman–Crippen LogP) is 2.37. The third kappa shape index (κ3) is 3.38. The molecular formula is C10H12BrNO2. The summed E-state index contributed by atoms with van der Waals surface area (Å²) in [6, 6.07) is 9.57. The number of halogens is 1. The van der Waals surface area contributed by atoms with Crippen molar-refractivity contribution in [1.82, 2.24) is 0 Å². The Morgan fingerprint density at radius 1 is 1.43 bits per heavy atom. The van der Waals surface area contributed by atoms with Crippen LogP contribution in [0.5, 0.6) is 0 Å². The molecule has 0 aliphatic carbocycles. The zero-order valence-corrected chi connectivity index (χ0v) is 9.53. The number of carbonyl (C=O) groups excluding carboxylic acids is 1. The van der Waals surface area contributed by atoms with E-state index >= 15 is 0 Å². The van der Waals surface area contributed by atoms with Gasteiger partial charge in [0.1, 0.15) is 6.54 Å². The molecule has 3 nitrogen and oxygen atoms in total. The van der Waals surface area contributed by atoms with Crippen LogP contribution in [0.25, 0.3) is 0 Å². The summed E-state index contributed by atoms with van der Waals surface area (Å²) in [6.07, 6.45) is 0. The lowest BCUT2D eigenvalue weighted by molar-refractivity contribution is -0.141. The fourth-order valence-electron chi connectivity index (χ4n) is 1.00. The van der Waals surface area contributed by atoms with Crippen LogP contribution in [-0.4, -0.2) is 19.1 Å². The van der Waals surface area contributed by atoms with Gasteiger partial charge in [0, 0.05) is 5.69 Å². The highest BCUT2D eigenvalue weighted by molar-refractivity contribution is 9.10. The Hall–Kier alpha value is -1.03. The third-order valence-corrected chi connectivity index (χ3v) is 2.27. The van der Waals surface area contributed by atoms with Crippen molar-refractivity contribution in [3.05, 3.63) is 30.3 Å². The van der Waals surface area contributed by atoms with Crippen molar-refractivity contribution in [3.8, 4) is 0 Å². The Morgan fingerprint density at radius 3 is 2.64 bits per heavy atom. The first-order valence-electron chi connectivity index (χ1n) is 4.38. The minimum Gasteiger partial charge on any atom is -0.465 e. The summed E-state index contributed by atoms with van der Waals surface area (Å²) in [5.74, 6) is -0.242. The SMILES string of the molecule is CCOC(=O)CN(Br)c1ccccc1. The topological polar surface area (TPSA) is 29.5 Å². The molecule has 0 spiro atoms. The van der Waals surface area contributed by atoms with Gasteiger partial charge in [-0.05, 0) is 19.1 Å². The first kappa shape index (κ1) is 11.0. The van der Waals surface area contributed by atoms with Gasteiger partial charge in [-0.2, -0.15) is 0 Å². The zero-order chi connectivity index (χ0) is 10.4. The zero-order valence-electron chi connectivity index (χ0n) is 7.94. The average molecular weight is 258 g/mol. The summed E-state index contributed by atoms with van der Waals surface area (Å²) in [7, 11) is 0. The van der Waals surface area contributed by atoms with E-state index in [2.05, 4.69) is 16.1 Å². The van der Waals surface area contributed by atoms with Crippen molar-refractivity contribution in [1.29, 1.82) is 0 Å². The van der Waals surface area contributed by atoms with E-state index < -0.39 is 0 Å². The molecule has 0 N–H and O–H groups in total. The fourth-order valence-corrected chi connectivity index (χ4v) is 1.44. The van der Waals surface area contributed by atoms with E-state index in [1.54, 1.807) is 10.8 Å². The van der Waals surface area contributed by atoms with E-state index in [0.29, 0.717) is 6.61 Å². The maximum Gasteiger partial charge on any atom is 0.326 e. The summed E-state index contributed by atoms with van der Waals surface area (Å²) in [5.41, 5.74) is 0.931. The number of carbonyl (C=O) groups is 1. The number of benzene rings is 1. The monoisotopic (exact) mass is 257 g/mol. The molecule has 0 fully saturated rings. The molecule has 76 valence electrons. The van der Waals surface area contributed by atoms with Gasteiger partial charge < -0.3 is 4.74 Å². The Kier molecular flexibility index (Phi) is 4.46. The number of para-hydroxylation sites is 1. The van der Waals surface area contributed by atoms with Crippen LogP contribution in [0.2, 0.25) is 0 Å². The molecule has 0 saturated heterocycles. The maximum atomic E-state index is 11.1. The third-order valence-electron chi connectivity index (χ3n) is 1.61. The Morgan fingerprint density at radius 2 is 2.07 bits per heavy atom. The van der Waals surface area contributed by atoms with Gasteiger partial charge in [-0.15, -0.1) is 0 Å². The van der Waals surface area contributed by atoms with Crippen LogP contribution in [0.1, 0.15) is 6.92 Å². The van der Waals surface area contributed by atoms with Crippen molar-refractivity contribution < 1.29 is 9.53 Å². The van der Waals surface area contributed by atoms with Crippen molar-refractivity contribution in [2.45, 2.75) is 6.92 Å². The molecule has 4 heteroatoms. The number of hydrogen-bond donors (Lipinski definition) is 0. The van der Waals surface area contributed by atoms with Crippen molar-refractivity contribution in [2.24, 2.45) is 0 Å². The highest BCUT2D eigenvalue weighted by atomic mass is 79.9. The van der Waals surface area contributed by atoms with Gasteiger partial charge in [0.25, 0.3) is 0 Å². The molecule has 14 heavy (non-hydrogen) atoms. The lowest BCUT2D eigenvalue weighted by atomic mass is 10.3. The van der Waals surface area contributed by atoms with Crippen LogP contribution in [0.4, 0.5) is 5.69 Å². The molecule has 1 aromatic rings. The van der Waals surface area contributed by atoms with E-state index in [1.165, 1.54) is 0 Å². The van der Waals surface area contributed by atoms with Gasteiger partial charge in [-0.3, -0.25) is 8.72 Å². The fraction of sp³-hybridized carbons (Fsp3) is 0.300. The van der Waals surface area contributed by atoms with Gasteiger partial charge in [0.2, 0.25) is 0 Å². The number of anilines is 1. The standard InChI is InChI=1S/C10H12BrNO2/c1-2-14-10(13)8-12(11)9-6-4-3-5-7-9/h3-7H,2,8H2,1H3. The average Bonchev–Trinajstić information content (AvgIpc) is 2.19. The molecule has 0 atom stereocenters. The summed E-state index contributed by atoms with van der Waals surface area (Å²) in [5, 5.41) is 0. The van der Waals surface area contributed by atoms with E-state index in [9.17, 15) is 4.79 Å². The van der Waals surface area contributed by atoms with Gasteiger partial charge in [0.05, 0.1) is 22.8 Å². The van der Waals surface area contributed by atoms with Crippen molar-refractivity contribution in [2.75, 3.05) is 17.1 Å². The predicted molar refractivity (Wildman–Crippen MR) is 59.3 cm³/mol. The highest BCUT2D eigenvalue weighted by Gasteiger charge is 2.08. The lowest BCUT2D eigenvalue weighted by Crippen LogP contribution is -2.22. The molecule has 0 aliphatic heterocycles. The molecule has 0 bridgehead atoms. The van der Waals surface area contributed by atoms with Crippen LogP contribution in [0.15, 0.2) is 30.3 Å². The van der Waals surface area contributed by atoms with E-state index in [-0.39, 0.29) is 12.5 Å². The van der Waals surface area contributed by atoms with Gasteiger partial charge >= 0.3 is 5.97 Å². The van der Waals surface area contributed by atoms with E-state index in [4.69, 9.17) is 4.74 Å². The van der Waals surface area contributed by atoms with Crippen LogP contribution >= 0.6 is 16.1 Å². The first-order valence-corrected chi connectivity index (χ1v) is 5.09. The number of nitrogens with zero attached hydrogens (tertiary/aromatic N) is 1. The number of rotatable bonds is 4. The molecule has 1 aromatic carbocycles. The summed E-state index contributed by atoms with van der Waals surface area (Å²) in [6.45, 7) is 2.41. The largest absolute Gasteiger partial charge is 0.465 e. The van der Waals surface area contributed by atoms with Gasteiger partial charge in [-0.25, -0.2) is 0 Å². The summed E-state index contributed by atoms with van der Waals surface area (Å²) >= 11 is 3.29. The molecule has 0 aromatic heterocycles. The normalized spacial score (nSPS) is 9.57.